The van der Waals surface area contributed by atoms with Crippen molar-refractivity contribution in [3.8, 4) is 16.9 Å². The summed E-state index contributed by atoms with van der Waals surface area (Å²) in [6.45, 7) is 0. The third kappa shape index (κ3) is 3.05. The van der Waals surface area contributed by atoms with Crippen LogP contribution in [0, 0.1) is 0 Å². The number of aromatic nitrogens is 2. The van der Waals surface area contributed by atoms with Crippen molar-refractivity contribution in [2.75, 3.05) is 0 Å². The van der Waals surface area contributed by atoms with Crippen LogP contribution in [0.1, 0.15) is 5.69 Å². The fraction of sp³-hybridized carbons (Fsp3) is 0.0417. The lowest BCUT2D eigenvalue weighted by Crippen LogP contribution is -2.07. The highest BCUT2D eigenvalue weighted by atomic mass is 19.4. The lowest BCUT2D eigenvalue weighted by Gasteiger charge is -2.10. The number of nitrogens with zero attached hydrogens (tertiary/aromatic N) is 2. The highest BCUT2D eigenvalue weighted by molar-refractivity contribution is 6.08. The second-order valence-corrected chi connectivity index (χ2v) is 6.88. The Morgan fingerprint density at radius 2 is 1.34 bits per heavy atom. The topological polar surface area (TPSA) is 17.8 Å². The van der Waals surface area contributed by atoms with Crippen LogP contribution in [0.5, 0.6) is 0 Å². The van der Waals surface area contributed by atoms with E-state index in [1.165, 1.54) is 4.68 Å². The zero-order chi connectivity index (χ0) is 20.0. The van der Waals surface area contributed by atoms with Crippen molar-refractivity contribution in [3.63, 3.8) is 0 Å². The van der Waals surface area contributed by atoms with Crippen LogP contribution in [0.15, 0.2) is 91.0 Å². The first-order valence-electron chi connectivity index (χ1n) is 9.15. The molecule has 0 fully saturated rings. The maximum absolute atomic E-state index is 13.4. The number of alkyl halides is 3. The van der Waals surface area contributed by atoms with Gasteiger partial charge in [-0.15, -0.1) is 0 Å². The van der Waals surface area contributed by atoms with Gasteiger partial charge in [-0.25, -0.2) is 4.68 Å². The van der Waals surface area contributed by atoms with Crippen LogP contribution in [-0.4, -0.2) is 9.78 Å². The molecule has 0 spiro atoms. The van der Waals surface area contributed by atoms with E-state index < -0.39 is 11.9 Å². The minimum Gasteiger partial charge on any atom is -0.233 e. The highest BCUT2D eigenvalue weighted by Crippen LogP contribution is 2.35. The summed E-state index contributed by atoms with van der Waals surface area (Å²) in [6.07, 6.45) is -4.51. The summed E-state index contributed by atoms with van der Waals surface area (Å²) in [5.74, 6) is 0. The van der Waals surface area contributed by atoms with E-state index in [0.717, 1.165) is 27.6 Å². The number of benzene rings is 4. The molecule has 5 heteroatoms. The van der Waals surface area contributed by atoms with Crippen molar-refractivity contribution in [2.24, 2.45) is 0 Å². The van der Waals surface area contributed by atoms with E-state index in [2.05, 4.69) is 5.10 Å². The Morgan fingerprint density at radius 3 is 2.14 bits per heavy atom. The lowest BCUT2D eigenvalue weighted by molar-refractivity contribution is -0.141. The SMILES string of the molecule is FC(F)(F)c1cc(-c2ccc3c(ccc4ccccc43)c2)n(-c2ccccc2)n1. The van der Waals surface area contributed by atoms with Gasteiger partial charge in [0.25, 0.3) is 0 Å². The second-order valence-electron chi connectivity index (χ2n) is 6.88. The molecule has 5 rings (SSSR count). The molecule has 0 saturated heterocycles. The summed E-state index contributed by atoms with van der Waals surface area (Å²) in [5.41, 5.74) is 0.754. The van der Waals surface area contributed by atoms with E-state index in [0.29, 0.717) is 16.9 Å². The highest BCUT2D eigenvalue weighted by Gasteiger charge is 2.35. The summed E-state index contributed by atoms with van der Waals surface area (Å²) >= 11 is 0. The lowest BCUT2D eigenvalue weighted by atomic mass is 9.99. The van der Waals surface area contributed by atoms with E-state index in [1.54, 1.807) is 24.3 Å². The minimum atomic E-state index is -4.51. The van der Waals surface area contributed by atoms with Gasteiger partial charge in [-0.05, 0) is 45.8 Å². The van der Waals surface area contributed by atoms with E-state index >= 15 is 0 Å². The van der Waals surface area contributed by atoms with Gasteiger partial charge in [0, 0.05) is 5.56 Å². The van der Waals surface area contributed by atoms with Crippen LogP contribution in [0.4, 0.5) is 13.2 Å². The van der Waals surface area contributed by atoms with E-state index in [9.17, 15) is 13.2 Å². The van der Waals surface area contributed by atoms with Crippen LogP contribution >= 0.6 is 0 Å². The predicted molar refractivity (Wildman–Crippen MR) is 109 cm³/mol. The summed E-state index contributed by atoms with van der Waals surface area (Å²) < 4.78 is 41.4. The first-order chi connectivity index (χ1) is 14.0. The van der Waals surface area contributed by atoms with Gasteiger partial charge < -0.3 is 0 Å². The van der Waals surface area contributed by atoms with Gasteiger partial charge in [-0.2, -0.15) is 18.3 Å². The third-order valence-corrected chi connectivity index (χ3v) is 5.04. The summed E-state index contributed by atoms with van der Waals surface area (Å²) in [7, 11) is 0. The average Bonchev–Trinajstić information content (AvgIpc) is 3.20. The number of rotatable bonds is 2. The fourth-order valence-corrected chi connectivity index (χ4v) is 3.66. The minimum absolute atomic E-state index is 0.401. The number of para-hydroxylation sites is 1. The molecule has 0 aliphatic rings. The molecule has 29 heavy (non-hydrogen) atoms. The molecule has 0 saturated carbocycles. The Kier molecular flexibility index (Phi) is 3.91. The van der Waals surface area contributed by atoms with E-state index in [4.69, 9.17) is 0 Å². The van der Waals surface area contributed by atoms with E-state index in [-0.39, 0.29) is 0 Å². The van der Waals surface area contributed by atoms with Crippen molar-refractivity contribution in [1.82, 2.24) is 9.78 Å². The second kappa shape index (κ2) is 6.48. The number of hydrogen-bond donors (Lipinski definition) is 0. The van der Waals surface area contributed by atoms with Crippen LogP contribution in [0.2, 0.25) is 0 Å². The smallest absolute Gasteiger partial charge is 0.233 e. The van der Waals surface area contributed by atoms with Crippen molar-refractivity contribution in [1.29, 1.82) is 0 Å². The fourth-order valence-electron chi connectivity index (χ4n) is 3.66. The molecule has 1 aromatic heterocycles. The zero-order valence-corrected chi connectivity index (χ0v) is 15.2. The van der Waals surface area contributed by atoms with Gasteiger partial charge >= 0.3 is 6.18 Å². The summed E-state index contributed by atoms with van der Waals surface area (Å²) in [4.78, 5) is 0. The molecule has 0 aliphatic heterocycles. The van der Waals surface area contributed by atoms with E-state index in [1.807, 2.05) is 60.7 Å². The zero-order valence-electron chi connectivity index (χ0n) is 15.2. The van der Waals surface area contributed by atoms with Gasteiger partial charge in [-0.3, -0.25) is 0 Å². The molecule has 142 valence electrons. The van der Waals surface area contributed by atoms with Gasteiger partial charge in [0.05, 0.1) is 11.4 Å². The van der Waals surface area contributed by atoms with Crippen molar-refractivity contribution >= 4 is 21.5 Å². The molecule has 0 aliphatic carbocycles. The van der Waals surface area contributed by atoms with Crippen molar-refractivity contribution in [3.05, 3.63) is 96.7 Å². The van der Waals surface area contributed by atoms with Crippen LogP contribution in [0.3, 0.4) is 0 Å². The van der Waals surface area contributed by atoms with Gasteiger partial charge in [0.2, 0.25) is 0 Å². The molecule has 4 aromatic carbocycles. The van der Waals surface area contributed by atoms with Gasteiger partial charge in [0.1, 0.15) is 0 Å². The predicted octanol–water partition coefficient (Wildman–Crippen LogP) is 6.86. The maximum Gasteiger partial charge on any atom is 0.435 e. The standard InChI is InChI=1S/C24H15F3N2/c25-24(26,27)23-15-22(29(28-23)19-7-2-1-3-8-19)18-12-13-21-17(14-18)11-10-16-6-4-5-9-20(16)21/h1-15H. The molecule has 0 amide bonds. The first-order valence-corrected chi connectivity index (χ1v) is 9.15. The Bertz CT molecular complexity index is 1340. The van der Waals surface area contributed by atoms with Gasteiger partial charge in [-0.1, -0.05) is 66.7 Å². The molecule has 0 N–H and O–H groups in total. The third-order valence-electron chi connectivity index (χ3n) is 5.04. The molecule has 0 bridgehead atoms. The Morgan fingerprint density at radius 1 is 0.655 bits per heavy atom. The molecule has 2 nitrogen and oxygen atoms in total. The average molecular weight is 388 g/mol. The summed E-state index contributed by atoms with van der Waals surface area (Å²) in [6, 6.07) is 27.8. The molecular weight excluding hydrogens is 373 g/mol. The Hall–Kier alpha value is -3.60. The normalized spacial score (nSPS) is 12.0. The first kappa shape index (κ1) is 17.5. The summed E-state index contributed by atoms with van der Waals surface area (Å²) in [5, 5.41) is 8.12. The van der Waals surface area contributed by atoms with Gasteiger partial charge in [0.15, 0.2) is 5.69 Å². The van der Waals surface area contributed by atoms with Crippen molar-refractivity contribution < 1.29 is 13.2 Å². The largest absolute Gasteiger partial charge is 0.435 e. The number of hydrogen-bond acceptors (Lipinski definition) is 1. The monoisotopic (exact) mass is 388 g/mol. The van der Waals surface area contributed by atoms with Crippen molar-refractivity contribution in [2.45, 2.75) is 6.18 Å². The van der Waals surface area contributed by atoms with Crippen LogP contribution in [0.25, 0.3) is 38.5 Å². The molecule has 0 atom stereocenters. The molecular formula is C24H15F3N2. The maximum atomic E-state index is 13.4. The Balaban J connectivity index is 1.73. The number of fused-ring (bicyclic) bond motifs is 3. The molecule has 1 heterocycles. The number of halogens is 3. The van der Waals surface area contributed by atoms with Crippen LogP contribution in [-0.2, 0) is 6.18 Å². The molecule has 0 radical (unpaired) electrons. The van der Waals surface area contributed by atoms with Crippen LogP contribution < -0.4 is 0 Å². The quantitative estimate of drug-likeness (QED) is 0.302. The molecule has 0 unspecified atom stereocenters. The Labute approximate surface area is 164 Å². The molecule has 5 aromatic rings.